The number of para-hydroxylation sites is 2. The predicted molar refractivity (Wildman–Crippen MR) is 326 cm³/mol. The summed E-state index contributed by atoms with van der Waals surface area (Å²) in [6.07, 6.45) is 0. The second kappa shape index (κ2) is 17.9. The lowest BCUT2D eigenvalue weighted by atomic mass is 9.64. The molecule has 2 nitrogen and oxygen atoms in total. The maximum absolute atomic E-state index is 2.47. The van der Waals surface area contributed by atoms with Gasteiger partial charge in [0.25, 0.3) is 0 Å². The van der Waals surface area contributed by atoms with Crippen molar-refractivity contribution in [2.45, 2.75) is 24.7 Å². The van der Waals surface area contributed by atoms with Crippen LogP contribution in [0.15, 0.2) is 291 Å². The van der Waals surface area contributed by atoms with Gasteiger partial charge in [-0.1, -0.05) is 244 Å². The number of fused-ring (bicyclic) bond motifs is 17. The van der Waals surface area contributed by atoms with Gasteiger partial charge in [-0.25, -0.2) is 0 Å². The topological polar surface area (TPSA) is 6.48 Å². The van der Waals surface area contributed by atoms with Crippen molar-refractivity contribution in [1.29, 1.82) is 0 Å². The van der Waals surface area contributed by atoms with Crippen molar-refractivity contribution < 1.29 is 0 Å². The van der Waals surface area contributed by atoms with E-state index < -0.39 is 5.41 Å². The summed E-state index contributed by atoms with van der Waals surface area (Å²) in [5, 5.41) is 0. The van der Waals surface area contributed by atoms with Crippen molar-refractivity contribution in [1.82, 2.24) is 0 Å². The number of benzene rings is 12. The van der Waals surface area contributed by atoms with E-state index in [-0.39, 0.29) is 5.41 Å². The van der Waals surface area contributed by atoms with E-state index >= 15 is 0 Å². The van der Waals surface area contributed by atoms with Gasteiger partial charge in [-0.05, 0) is 150 Å². The first-order valence-electron chi connectivity index (χ1n) is 27.3. The average Bonchev–Trinajstić information content (AvgIpc) is 3.51. The van der Waals surface area contributed by atoms with Crippen molar-refractivity contribution in [3.63, 3.8) is 0 Å². The zero-order valence-electron chi connectivity index (χ0n) is 43.6. The molecule has 0 aliphatic heterocycles. The fraction of sp³-hybridized carbons (Fsp3) is 0.0526. The molecule has 12 aromatic carbocycles. The van der Waals surface area contributed by atoms with E-state index in [4.69, 9.17) is 0 Å². The standard InChI is InChI=1S/C76H54N2/c1-75(2)65-35-17-15-33-63(65)73-69(75)39-21-41-71(73)77(53-23-5-3-6-24-53)55-47-43-51(44-48-55)52-45-49-56(50-46-52)78(54-25-7-4-8-26-54)72-42-22-40-70-74(72)64-34-16-20-38-68(64)76(70)66-36-18-13-31-61(66)59-29-11-9-27-57(59)58-28-10-12-30-60(58)62-32-14-19-37-67(62)76/h3-50H,1-2H3. The Labute approximate surface area is 457 Å². The first-order valence-corrected chi connectivity index (χ1v) is 27.3. The zero-order chi connectivity index (χ0) is 52.0. The van der Waals surface area contributed by atoms with Gasteiger partial charge < -0.3 is 9.80 Å². The Kier molecular flexibility index (Phi) is 10.5. The summed E-state index contributed by atoms with van der Waals surface area (Å²) in [6.45, 7) is 4.71. The number of hydrogen-bond acceptors (Lipinski definition) is 2. The highest BCUT2D eigenvalue weighted by atomic mass is 15.2. The Morgan fingerprint density at radius 3 is 0.962 bits per heavy atom. The molecule has 3 aliphatic carbocycles. The molecule has 0 fully saturated rings. The van der Waals surface area contributed by atoms with Crippen LogP contribution in [0.1, 0.15) is 47.2 Å². The van der Waals surface area contributed by atoms with Gasteiger partial charge >= 0.3 is 0 Å². The third kappa shape index (κ3) is 6.76. The van der Waals surface area contributed by atoms with Crippen molar-refractivity contribution in [3.8, 4) is 66.8 Å². The Morgan fingerprint density at radius 1 is 0.218 bits per heavy atom. The van der Waals surface area contributed by atoms with E-state index in [9.17, 15) is 0 Å². The Morgan fingerprint density at radius 2 is 0.513 bits per heavy atom. The monoisotopic (exact) mass is 994 g/mol. The Balaban J connectivity index is 0.876. The molecule has 2 heteroatoms. The minimum absolute atomic E-state index is 0.100. The van der Waals surface area contributed by atoms with Crippen molar-refractivity contribution >= 4 is 34.1 Å². The summed E-state index contributed by atoms with van der Waals surface area (Å²) in [6, 6.07) is 108. The lowest BCUT2D eigenvalue weighted by Crippen LogP contribution is -2.30. The van der Waals surface area contributed by atoms with Gasteiger partial charge in [-0.15, -0.1) is 0 Å². The largest absolute Gasteiger partial charge is 0.310 e. The first kappa shape index (κ1) is 45.6. The molecule has 78 heavy (non-hydrogen) atoms. The van der Waals surface area contributed by atoms with Gasteiger partial charge in [0.05, 0.1) is 16.8 Å². The minimum atomic E-state index is -0.671. The van der Waals surface area contributed by atoms with Gasteiger partial charge in [0.15, 0.2) is 0 Å². The second-order valence-corrected chi connectivity index (χ2v) is 21.5. The fourth-order valence-corrected chi connectivity index (χ4v) is 13.8. The van der Waals surface area contributed by atoms with Crippen LogP contribution in [0, 0.1) is 0 Å². The van der Waals surface area contributed by atoms with Crippen molar-refractivity contribution in [2.75, 3.05) is 9.80 Å². The predicted octanol–water partition coefficient (Wildman–Crippen LogP) is 20.3. The molecule has 0 amide bonds. The summed E-state index contributed by atoms with van der Waals surface area (Å²) in [5.41, 5.74) is 28.6. The van der Waals surface area contributed by atoms with Crippen LogP contribution >= 0.6 is 0 Å². The minimum Gasteiger partial charge on any atom is -0.310 e. The highest BCUT2D eigenvalue weighted by Crippen LogP contribution is 2.63. The third-order valence-electron chi connectivity index (χ3n) is 17.1. The molecule has 0 saturated heterocycles. The number of nitrogens with zero attached hydrogens (tertiary/aromatic N) is 2. The van der Waals surface area contributed by atoms with Crippen LogP contribution in [0.25, 0.3) is 66.8 Å². The molecule has 0 heterocycles. The smallest absolute Gasteiger partial charge is 0.0726 e. The maximum Gasteiger partial charge on any atom is 0.0726 e. The summed E-state index contributed by atoms with van der Waals surface area (Å²) < 4.78 is 0. The Bertz CT molecular complexity index is 4200. The second-order valence-electron chi connectivity index (χ2n) is 21.5. The first-order chi connectivity index (χ1) is 38.5. The summed E-state index contributed by atoms with van der Waals surface area (Å²) >= 11 is 0. The van der Waals surface area contributed by atoms with Crippen LogP contribution in [0.5, 0.6) is 0 Å². The van der Waals surface area contributed by atoms with Crippen LogP contribution in [0.3, 0.4) is 0 Å². The third-order valence-corrected chi connectivity index (χ3v) is 17.1. The molecule has 0 atom stereocenters. The highest BCUT2D eigenvalue weighted by Gasteiger charge is 2.50. The summed E-state index contributed by atoms with van der Waals surface area (Å²) in [7, 11) is 0. The summed E-state index contributed by atoms with van der Waals surface area (Å²) in [4.78, 5) is 4.89. The molecule has 15 rings (SSSR count). The van der Waals surface area contributed by atoms with E-state index in [1.54, 1.807) is 0 Å². The molecule has 3 aliphatic rings. The van der Waals surface area contributed by atoms with E-state index in [1.165, 1.54) is 94.7 Å². The van der Waals surface area contributed by atoms with Crippen LogP contribution in [-0.2, 0) is 10.8 Å². The quantitative estimate of drug-likeness (QED) is 0.157. The Hall–Kier alpha value is -9.76. The van der Waals surface area contributed by atoms with Gasteiger partial charge in [0.1, 0.15) is 0 Å². The molecule has 0 unspecified atom stereocenters. The van der Waals surface area contributed by atoms with E-state index in [1.807, 2.05) is 0 Å². The van der Waals surface area contributed by atoms with Crippen LogP contribution < -0.4 is 9.80 Å². The molecular weight excluding hydrogens is 941 g/mol. The van der Waals surface area contributed by atoms with Crippen molar-refractivity contribution in [2.24, 2.45) is 0 Å². The lowest BCUT2D eigenvalue weighted by molar-refractivity contribution is 0.660. The number of hydrogen-bond donors (Lipinski definition) is 0. The molecular formula is C76H54N2. The molecule has 0 bridgehead atoms. The molecule has 0 saturated carbocycles. The average molecular weight is 995 g/mol. The summed E-state index contributed by atoms with van der Waals surface area (Å²) in [5.74, 6) is 0. The number of anilines is 6. The van der Waals surface area contributed by atoms with E-state index in [2.05, 4.69) is 315 Å². The molecule has 0 aromatic heterocycles. The molecule has 0 N–H and O–H groups in total. The molecule has 368 valence electrons. The fourth-order valence-electron chi connectivity index (χ4n) is 13.8. The lowest BCUT2D eigenvalue weighted by Gasteiger charge is -2.37. The van der Waals surface area contributed by atoms with Crippen LogP contribution in [-0.4, -0.2) is 0 Å². The molecule has 0 radical (unpaired) electrons. The van der Waals surface area contributed by atoms with E-state index in [0.717, 1.165) is 39.6 Å². The SMILES string of the molecule is CC1(C)c2ccccc2-c2c(N(c3ccccc3)c3ccc(-c4ccc(N(c5ccccc5)c5cccc6c5-c5ccccc5C65c6ccccc6-c6ccccc6-c6ccccc6-c6ccccc65)cc4)cc3)cccc21. The van der Waals surface area contributed by atoms with Gasteiger partial charge in [0.2, 0.25) is 0 Å². The molecule has 12 aromatic rings. The van der Waals surface area contributed by atoms with E-state index in [0.29, 0.717) is 0 Å². The van der Waals surface area contributed by atoms with Crippen molar-refractivity contribution in [3.05, 3.63) is 325 Å². The maximum atomic E-state index is 2.47. The van der Waals surface area contributed by atoms with Gasteiger partial charge in [0, 0.05) is 39.3 Å². The molecule has 1 spiro atoms. The highest BCUT2D eigenvalue weighted by molar-refractivity contribution is 6.03. The number of rotatable bonds is 7. The zero-order valence-corrected chi connectivity index (χ0v) is 43.6. The van der Waals surface area contributed by atoms with Crippen LogP contribution in [0.4, 0.5) is 34.1 Å². The normalized spacial score (nSPS) is 13.5. The van der Waals surface area contributed by atoms with Gasteiger partial charge in [-0.3, -0.25) is 0 Å². The van der Waals surface area contributed by atoms with Gasteiger partial charge in [-0.2, -0.15) is 0 Å². The van der Waals surface area contributed by atoms with Crippen LogP contribution in [0.2, 0.25) is 0 Å².